The van der Waals surface area contributed by atoms with Gasteiger partial charge in [0.1, 0.15) is 10.8 Å². The van der Waals surface area contributed by atoms with Crippen molar-refractivity contribution >= 4 is 11.3 Å². The molecule has 2 unspecified atom stereocenters. The summed E-state index contributed by atoms with van der Waals surface area (Å²) in [6.07, 6.45) is 1.93. The Morgan fingerprint density at radius 1 is 1.42 bits per heavy atom. The number of hydrogen-bond donors (Lipinski definition) is 1. The van der Waals surface area contributed by atoms with Gasteiger partial charge in [0, 0.05) is 35.1 Å². The van der Waals surface area contributed by atoms with Crippen LogP contribution < -0.4 is 10.1 Å². The molecule has 0 aliphatic carbocycles. The van der Waals surface area contributed by atoms with Crippen molar-refractivity contribution in [1.82, 2.24) is 10.3 Å². The smallest absolute Gasteiger partial charge is 0.124 e. The first kappa shape index (κ1) is 12.6. The van der Waals surface area contributed by atoms with E-state index in [1.165, 1.54) is 10.4 Å². The Kier molecular flexibility index (Phi) is 3.53. The average Bonchev–Trinajstić information content (AvgIpc) is 2.83. The molecule has 19 heavy (non-hydrogen) atoms. The van der Waals surface area contributed by atoms with Crippen LogP contribution in [0.4, 0.5) is 0 Å². The Morgan fingerprint density at radius 2 is 2.26 bits per heavy atom. The summed E-state index contributed by atoms with van der Waals surface area (Å²) in [7, 11) is 0. The number of ether oxygens (including phenoxy) is 1. The molecule has 0 saturated heterocycles. The van der Waals surface area contributed by atoms with Gasteiger partial charge in [0.15, 0.2) is 0 Å². The fourth-order valence-electron chi connectivity index (χ4n) is 2.48. The predicted molar refractivity (Wildman–Crippen MR) is 77.5 cm³/mol. The van der Waals surface area contributed by atoms with E-state index >= 15 is 0 Å². The molecule has 1 aliphatic rings. The molecule has 0 bridgehead atoms. The summed E-state index contributed by atoms with van der Waals surface area (Å²) in [6.45, 7) is 5.90. The molecule has 1 N–H and O–H groups in total. The monoisotopic (exact) mass is 274 g/mol. The van der Waals surface area contributed by atoms with Gasteiger partial charge >= 0.3 is 0 Å². The van der Waals surface area contributed by atoms with E-state index in [0.29, 0.717) is 12.0 Å². The Hall–Kier alpha value is -1.39. The molecule has 3 nitrogen and oxygen atoms in total. The lowest BCUT2D eigenvalue weighted by atomic mass is 9.92. The van der Waals surface area contributed by atoms with Crippen molar-refractivity contribution in [2.24, 2.45) is 5.92 Å². The first-order valence-corrected chi connectivity index (χ1v) is 7.42. The number of para-hydroxylation sites is 1. The van der Waals surface area contributed by atoms with Gasteiger partial charge in [-0.1, -0.05) is 25.1 Å². The van der Waals surface area contributed by atoms with Gasteiger partial charge in [0.2, 0.25) is 0 Å². The van der Waals surface area contributed by atoms with Crippen LogP contribution in [-0.2, 0) is 6.54 Å². The van der Waals surface area contributed by atoms with Crippen molar-refractivity contribution in [3.05, 3.63) is 45.9 Å². The molecule has 0 fully saturated rings. The lowest BCUT2D eigenvalue weighted by molar-refractivity contribution is 0.188. The van der Waals surface area contributed by atoms with Crippen LogP contribution >= 0.6 is 11.3 Å². The average molecular weight is 274 g/mol. The normalized spacial score (nSPS) is 21.8. The number of benzene rings is 1. The van der Waals surface area contributed by atoms with Gasteiger partial charge in [-0.25, -0.2) is 4.98 Å². The maximum absolute atomic E-state index is 5.77. The summed E-state index contributed by atoms with van der Waals surface area (Å²) in [6, 6.07) is 8.63. The Labute approximate surface area is 117 Å². The summed E-state index contributed by atoms with van der Waals surface area (Å²) in [5.74, 6) is 1.48. The van der Waals surface area contributed by atoms with Gasteiger partial charge in [-0.05, 0) is 13.0 Å². The lowest BCUT2D eigenvalue weighted by Crippen LogP contribution is -2.33. The molecular weight excluding hydrogens is 256 g/mol. The van der Waals surface area contributed by atoms with Crippen LogP contribution in [0.25, 0.3) is 0 Å². The molecule has 1 aromatic carbocycles. The summed E-state index contributed by atoms with van der Waals surface area (Å²) < 4.78 is 5.77. The van der Waals surface area contributed by atoms with Crippen molar-refractivity contribution in [3.63, 3.8) is 0 Å². The highest BCUT2D eigenvalue weighted by atomic mass is 32.1. The molecule has 0 amide bonds. The number of thiazole rings is 1. The molecule has 0 radical (unpaired) electrons. The maximum atomic E-state index is 5.77. The fourth-order valence-corrected chi connectivity index (χ4v) is 3.22. The van der Waals surface area contributed by atoms with Crippen LogP contribution in [0.15, 0.2) is 30.5 Å². The Bertz CT molecular complexity index is 567. The number of fused-ring (bicyclic) bond motifs is 1. The number of rotatable bonds is 3. The molecule has 1 aliphatic heterocycles. The van der Waals surface area contributed by atoms with Gasteiger partial charge in [-0.15, -0.1) is 11.3 Å². The predicted octanol–water partition coefficient (Wildman–Crippen LogP) is 3.31. The van der Waals surface area contributed by atoms with Gasteiger partial charge in [0.05, 0.1) is 6.61 Å². The van der Waals surface area contributed by atoms with E-state index in [1.807, 2.05) is 18.3 Å². The lowest BCUT2D eigenvalue weighted by Gasteiger charge is -2.32. The molecule has 2 aromatic rings. The van der Waals surface area contributed by atoms with Crippen molar-refractivity contribution in [3.8, 4) is 5.75 Å². The molecule has 4 heteroatoms. The van der Waals surface area contributed by atoms with Crippen LogP contribution in [0, 0.1) is 12.8 Å². The molecule has 0 saturated carbocycles. The topological polar surface area (TPSA) is 34.2 Å². The third kappa shape index (κ3) is 2.65. The van der Waals surface area contributed by atoms with Crippen LogP contribution in [0.5, 0.6) is 5.75 Å². The van der Waals surface area contributed by atoms with Gasteiger partial charge in [-0.3, -0.25) is 0 Å². The van der Waals surface area contributed by atoms with Crippen molar-refractivity contribution < 1.29 is 4.74 Å². The molecule has 1 aromatic heterocycles. The number of hydrogen-bond acceptors (Lipinski definition) is 4. The van der Waals surface area contributed by atoms with Crippen LogP contribution in [0.2, 0.25) is 0 Å². The van der Waals surface area contributed by atoms with Crippen LogP contribution in [-0.4, -0.2) is 11.6 Å². The summed E-state index contributed by atoms with van der Waals surface area (Å²) >= 11 is 1.75. The van der Waals surface area contributed by atoms with E-state index in [4.69, 9.17) is 4.74 Å². The van der Waals surface area contributed by atoms with Gasteiger partial charge in [-0.2, -0.15) is 0 Å². The highest BCUT2D eigenvalue weighted by Crippen LogP contribution is 2.35. The summed E-state index contributed by atoms with van der Waals surface area (Å²) in [4.78, 5) is 5.67. The zero-order valence-electron chi connectivity index (χ0n) is 11.2. The van der Waals surface area contributed by atoms with E-state index < -0.39 is 0 Å². The minimum Gasteiger partial charge on any atom is -0.493 e. The molecule has 2 atom stereocenters. The third-order valence-electron chi connectivity index (χ3n) is 3.47. The molecular formula is C15H18N2OS. The maximum Gasteiger partial charge on any atom is 0.124 e. The minimum absolute atomic E-state index is 0.342. The number of aryl methyl sites for hydroxylation is 1. The zero-order chi connectivity index (χ0) is 13.2. The highest BCUT2D eigenvalue weighted by molar-refractivity contribution is 7.11. The molecule has 100 valence electrons. The SMILES string of the molecule is Cc1cnc(CNC2c3ccccc3OCC2C)s1. The highest BCUT2D eigenvalue weighted by Gasteiger charge is 2.27. The minimum atomic E-state index is 0.342. The summed E-state index contributed by atoms with van der Waals surface area (Å²) in [5.41, 5.74) is 1.26. The zero-order valence-corrected chi connectivity index (χ0v) is 12.0. The number of nitrogens with one attached hydrogen (secondary N) is 1. The Morgan fingerprint density at radius 3 is 3.05 bits per heavy atom. The van der Waals surface area contributed by atoms with Gasteiger partial charge < -0.3 is 10.1 Å². The molecule has 0 spiro atoms. The largest absolute Gasteiger partial charge is 0.493 e. The van der Waals surface area contributed by atoms with E-state index in [0.717, 1.165) is 23.9 Å². The second-order valence-electron chi connectivity index (χ2n) is 5.05. The van der Waals surface area contributed by atoms with Crippen molar-refractivity contribution in [1.29, 1.82) is 0 Å². The molecule has 2 heterocycles. The first-order valence-electron chi connectivity index (χ1n) is 6.60. The van der Waals surface area contributed by atoms with Crippen molar-refractivity contribution in [2.45, 2.75) is 26.4 Å². The number of nitrogens with zero attached hydrogens (tertiary/aromatic N) is 1. The van der Waals surface area contributed by atoms with Gasteiger partial charge in [0.25, 0.3) is 0 Å². The first-order chi connectivity index (χ1) is 9.24. The van der Waals surface area contributed by atoms with Crippen LogP contribution in [0.3, 0.4) is 0 Å². The van der Waals surface area contributed by atoms with Crippen molar-refractivity contribution in [2.75, 3.05) is 6.61 Å². The molecule has 3 rings (SSSR count). The van der Waals surface area contributed by atoms with E-state index in [2.05, 4.69) is 36.3 Å². The number of aromatic nitrogens is 1. The van der Waals surface area contributed by atoms with Crippen LogP contribution in [0.1, 0.15) is 28.4 Å². The van der Waals surface area contributed by atoms with E-state index in [-0.39, 0.29) is 0 Å². The standard InChI is InChI=1S/C15H18N2OS/c1-10-9-18-13-6-4-3-5-12(13)15(10)17-8-14-16-7-11(2)19-14/h3-7,10,15,17H,8-9H2,1-2H3. The quantitative estimate of drug-likeness (QED) is 0.932. The third-order valence-corrected chi connectivity index (χ3v) is 4.38. The van der Waals surface area contributed by atoms with E-state index in [1.54, 1.807) is 11.3 Å². The van der Waals surface area contributed by atoms with E-state index in [9.17, 15) is 0 Å². The second kappa shape index (κ2) is 5.31. The summed E-state index contributed by atoms with van der Waals surface area (Å²) in [5, 5.41) is 4.77. The second-order valence-corrected chi connectivity index (χ2v) is 6.37. The fraction of sp³-hybridized carbons (Fsp3) is 0.400. The Balaban J connectivity index is 1.76.